The van der Waals surface area contributed by atoms with Gasteiger partial charge in [-0.15, -0.1) is 0 Å². The molecular formula is C15H9Cl2FN4O3. The van der Waals surface area contributed by atoms with Crippen LogP contribution in [0, 0.1) is 5.82 Å². The van der Waals surface area contributed by atoms with E-state index in [0.717, 1.165) is 6.07 Å². The van der Waals surface area contributed by atoms with Gasteiger partial charge in [0, 0.05) is 6.20 Å². The summed E-state index contributed by atoms with van der Waals surface area (Å²) in [7, 11) is 0. The van der Waals surface area contributed by atoms with Crippen LogP contribution in [0.1, 0.15) is 17.3 Å². The van der Waals surface area contributed by atoms with Crippen molar-refractivity contribution in [2.45, 2.75) is 6.92 Å². The molecule has 0 bridgehead atoms. The lowest BCUT2D eigenvalue weighted by Gasteiger charge is -2.11. The van der Waals surface area contributed by atoms with E-state index in [4.69, 9.17) is 27.9 Å². The van der Waals surface area contributed by atoms with E-state index in [2.05, 4.69) is 15.0 Å². The third-order valence-electron chi connectivity index (χ3n) is 3.21. The van der Waals surface area contributed by atoms with Crippen LogP contribution in [0.4, 0.5) is 4.39 Å². The Labute approximate surface area is 150 Å². The molecule has 3 aromatic heterocycles. The van der Waals surface area contributed by atoms with E-state index in [0.29, 0.717) is 0 Å². The number of rotatable bonds is 3. The Hall–Kier alpha value is -2.58. The molecule has 7 nitrogen and oxygen atoms in total. The van der Waals surface area contributed by atoms with Crippen molar-refractivity contribution in [3.63, 3.8) is 0 Å². The van der Waals surface area contributed by atoms with Gasteiger partial charge in [0.25, 0.3) is 0 Å². The first-order valence-electron chi connectivity index (χ1n) is 6.98. The van der Waals surface area contributed by atoms with Crippen molar-refractivity contribution in [3.8, 4) is 5.95 Å². The van der Waals surface area contributed by atoms with E-state index in [9.17, 15) is 14.0 Å². The summed E-state index contributed by atoms with van der Waals surface area (Å²) < 4.78 is 19.9. The molecule has 3 heterocycles. The Balaban J connectivity index is 2.39. The predicted molar refractivity (Wildman–Crippen MR) is 88.9 cm³/mol. The highest BCUT2D eigenvalue weighted by atomic mass is 35.5. The summed E-state index contributed by atoms with van der Waals surface area (Å²) in [5.74, 6) is -1.68. The highest BCUT2D eigenvalue weighted by Crippen LogP contribution is 2.20. The van der Waals surface area contributed by atoms with Crippen LogP contribution in [-0.4, -0.2) is 32.1 Å². The molecule has 25 heavy (non-hydrogen) atoms. The van der Waals surface area contributed by atoms with Crippen molar-refractivity contribution in [1.82, 2.24) is 19.5 Å². The molecule has 0 aliphatic rings. The molecule has 128 valence electrons. The molecule has 0 N–H and O–H groups in total. The summed E-state index contributed by atoms with van der Waals surface area (Å²) in [5, 5.41) is -0.304. The van der Waals surface area contributed by atoms with Crippen molar-refractivity contribution in [3.05, 3.63) is 56.4 Å². The molecule has 0 aliphatic carbocycles. The molecule has 3 aromatic rings. The Kier molecular flexibility index (Phi) is 4.65. The maximum absolute atomic E-state index is 13.8. The molecule has 0 radical (unpaired) electrons. The number of fused-ring (bicyclic) bond motifs is 1. The van der Waals surface area contributed by atoms with E-state index >= 15 is 0 Å². The Morgan fingerprint density at radius 2 is 2.00 bits per heavy atom. The average Bonchev–Trinajstić information content (AvgIpc) is 2.58. The summed E-state index contributed by atoms with van der Waals surface area (Å²) in [4.78, 5) is 36.5. The number of carbonyl (C=O) groups is 1. The van der Waals surface area contributed by atoms with Gasteiger partial charge in [0.05, 0.1) is 29.4 Å². The number of hydrogen-bond donors (Lipinski definition) is 0. The zero-order valence-corrected chi connectivity index (χ0v) is 14.2. The second-order valence-corrected chi connectivity index (χ2v) is 5.59. The molecule has 0 amide bonds. The van der Waals surface area contributed by atoms with Crippen molar-refractivity contribution in [2.24, 2.45) is 0 Å². The molecule has 0 aromatic carbocycles. The zero-order chi connectivity index (χ0) is 18.1. The maximum atomic E-state index is 13.8. The molecule has 3 rings (SSSR count). The van der Waals surface area contributed by atoms with Crippen molar-refractivity contribution >= 4 is 40.2 Å². The normalized spacial score (nSPS) is 10.9. The molecule has 0 saturated heterocycles. The number of pyridine rings is 2. The third-order valence-corrected chi connectivity index (χ3v) is 3.67. The molecule has 0 unspecified atom stereocenters. The summed E-state index contributed by atoms with van der Waals surface area (Å²) in [6.07, 6.45) is 3.82. The number of ether oxygens (including phenoxy) is 1. The van der Waals surface area contributed by atoms with Crippen LogP contribution in [0.25, 0.3) is 17.0 Å². The fourth-order valence-corrected chi connectivity index (χ4v) is 2.37. The number of halogens is 3. The first-order chi connectivity index (χ1) is 11.9. The minimum absolute atomic E-state index is 0.00762. The van der Waals surface area contributed by atoms with Gasteiger partial charge in [-0.1, -0.05) is 23.2 Å². The number of esters is 1. The number of aromatic nitrogens is 4. The lowest BCUT2D eigenvalue weighted by Crippen LogP contribution is -2.22. The van der Waals surface area contributed by atoms with Crippen LogP contribution in [0.3, 0.4) is 0 Å². The van der Waals surface area contributed by atoms with Crippen molar-refractivity contribution in [1.29, 1.82) is 0 Å². The van der Waals surface area contributed by atoms with Gasteiger partial charge in [-0.2, -0.15) is 0 Å². The SMILES string of the molecule is CCOC(=O)c1cn(-c2ncc(Cl)cn2)c2nc(Cl)c(F)cc2c1=O. The van der Waals surface area contributed by atoms with Crippen LogP contribution in [0.5, 0.6) is 0 Å². The average molecular weight is 383 g/mol. The van der Waals surface area contributed by atoms with Crippen LogP contribution < -0.4 is 5.43 Å². The van der Waals surface area contributed by atoms with Crippen molar-refractivity contribution in [2.75, 3.05) is 6.61 Å². The van der Waals surface area contributed by atoms with E-state index in [1.54, 1.807) is 6.92 Å². The van der Waals surface area contributed by atoms with Crippen molar-refractivity contribution < 1.29 is 13.9 Å². The van der Waals surface area contributed by atoms with E-state index in [1.807, 2.05) is 0 Å². The van der Waals surface area contributed by atoms with Crippen LogP contribution in [-0.2, 0) is 4.74 Å². The topological polar surface area (TPSA) is 87.0 Å². The number of hydrogen-bond acceptors (Lipinski definition) is 6. The number of nitrogens with zero attached hydrogens (tertiary/aromatic N) is 4. The molecule has 0 fully saturated rings. The minimum Gasteiger partial charge on any atom is -0.462 e. The van der Waals surface area contributed by atoms with E-state index in [-0.39, 0.29) is 34.2 Å². The lowest BCUT2D eigenvalue weighted by atomic mass is 10.2. The quantitative estimate of drug-likeness (QED) is 0.511. The first-order valence-corrected chi connectivity index (χ1v) is 7.74. The maximum Gasteiger partial charge on any atom is 0.343 e. The molecule has 0 atom stereocenters. The van der Waals surface area contributed by atoms with Crippen LogP contribution in [0.2, 0.25) is 10.2 Å². The van der Waals surface area contributed by atoms with E-state index < -0.39 is 22.4 Å². The molecule has 0 aliphatic heterocycles. The molecular weight excluding hydrogens is 374 g/mol. The van der Waals surface area contributed by atoms with Crippen LogP contribution in [0.15, 0.2) is 29.5 Å². The highest BCUT2D eigenvalue weighted by Gasteiger charge is 2.20. The third kappa shape index (κ3) is 3.18. The second-order valence-electron chi connectivity index (χ2n) is 4.80. The van der Waals surface area contributed by atoms with Crippen LogP contribution >= 0.6 is 23.2 Å². The van der Waals surface area contributed by atoms with Gasteiger partial charge in [0.1, 0.15) is 5.56 Å². The summed E-state index contributed by atoms with van der Waals surface area (Å²) in [5.41, 5.74) is -1.05. The summed E-state index contributed by atoms with van der Waals surface area (Å²) in [6, 6.07) is 0.905. The zero-order valence-electron chi connectivity index (χ0n) is 12.7. The fourth-order valence-electron chi connectivity index (χ4n) is 2.14. The smallest absolute Gasteiger partial charge is 0.343 e. The second kappa shape index (κ2) is 6.73. The predicted octanol–water partition coefficient (Wildman–Crippen LogP) is 2.80. The Morgan fingerprint density at radius 3 is 2.64 bits per heavy atom. The molecule has 0 spiro atoms. The fraction of sp³-hybridized carbons (Fsp3) is 0.133. The van der Waals surface area contributed by atoms with Gasteiger partial charge in [-0.05, 0) is 13.0 Å². The molecule has 10 heteroatoms. The Bertz CT molecular complexity index is 1040. The minimum atomic E-state index is -0.893. The molecule has 0 saturated carbocycles. The van der Waals surface area contributed by atoms with Gasteiger partial charge >= 0.3 is 5.97 Å². The van der Waals surface area contributed by atoms with E-state index in [1.165, 1.54) is 23.2 Å². The standard InChI is InChI=1S/C15H9Cl2FN4O3/c1-2-25-14(24)9-6-22(15-19-4-7(16)5-20-15)13-8(11(9)23)3-10(18)12(17)21-13/h3-6H,2H2,1H3. The van der Waals surface area contributed by atoms with Gasteiger partial charge in [0.2, 0.25) is 11.4 Å². The monoisotopic (exact) mass is 382 g/mol. The van der Waals surface area contributed by atoms with Gasteiger partial charge in [-0.25, -0.2) is 24.1 Å². The largest absolute Gasteiger partial charge is 0.462 e. The van der Waals surface area contributed by atoms with Gasteiger partial charge < -0.3 is 4.74 Å². The van der Waals surface area contributed by atoms with Gasteiger partial charge in [-0.3, -0.25) is 9.36 Å². The highest BCUT2D eigenvalue weighted by molar-refractivity contribution is 6.30. The lowest BCUT2D eigenvalue weighted by molar-refractivity contribution is 0.0524. The Morgan fingerprint density at radius 1 is 1.32 bits per heavy atom. The summed E-state index contributed by atoms with van der Waals surface area (Å²) in [6.45, 7) is 1.67. The first kappa shape index (κ1) is 17.2. The number of carbonyl (C=O) groups excluding carboxylic acids is 1. The van der Waals surface area contributed by atoms with Gasteiger partial charge in [0.15, 0.2) is 16.6 Å². The summed E-state index contributed by atoms with van der Waals surface area (Å²) >= 11 is 11.5.